The molecule has 2 heteroatoms. The van der Waals surface area contributed by atoms with Crippen molar-refractivity contribution in [1.82, 2.24) is 0 Å². The molecule has 8 aromatic carbocycles. The highest BCUT2D eigenvalue weighted by molar-refractivity contribution is 6.16. The predicted molar refractivity (Wildman–Crippen MR) is 243 cm³/mol. The summed E-state index contributed by atoms with van der Waals surface area (Å²) in [4.78, 5) is 2.47. The lowest BCUT2D eigenvalue weighted by Crippen LogP contribution is -2.17. The molecular weight excluding hydrogens is 691 g/mol. The minimum atomic E-state index is -0.182. The van der Waals surface area contributed by atoms with Crippen molar-refractivity contribution in [3.8, 4) is 22.3 Å². The summed E-state index contributed by atoms with van der Waals surface area (Å²) in [6.07, 6.45) is 6.36. The molecule has 2 aliphatic rings. The van der Waals surface area contributed by atoms with E-state index in [1.54, 1.807) is 0 Å². The first-order valence-corrected chi connectivity index (χ1v) is 20.1. The highest BCUT2D eigenvalue weighted by Crippen LogP contribution is 2.55. The molecule has 0 unspecified atom stereocenters. The first-order chi connectivity index (χ1) is 27.7. The normalized spacial score (nSPS) is 14.7. The lowest BCUT2D eigenvalue weighted by Gasteiger charge is -2.29. The second-order valence-corrected chi connectivity index (χ2v) is 16.9. The van der Waals surface area contributed by atoms with Crippen LogP contribution in [-0.4, -0.2) is 0 Å². The molecule has 0 amide bonds. The van der Waals surface area contributed by atoms with Gasteiger partial charge in [0.1, 0.15) is 11.2 Å². The number of rotatable bonds is 5. The van der Waals surface area contributed by atoms with E-state index in [2.05, 4.69) is 198 Å². The van der Waals surface area contributed by atoms with Gasteiger partial charge in [0.25, 0.3) is 0 Å². The Labute approximate surface area is 334 Å². The lowest BCUT2D eigenvalue weighted by molar-refractivity contribution is 0.653. The van der Waals surface area contributed by atoms with E-state index >= 15 is 0 Å². The smallest absolute Gasteiger partial charge is 0.143 e. The molecule has 2 nitrogen and oxygen atoms in total. The quantitative estimate of drug-likeness (QED) is 0.164. The molecular formula is C55H43NO. The van der Waals surface area contributed by atoms with E-state index in [1.807, 2.05) is 6.08 Å². The summed E-state index contributed by atoms with van der Waals surface area (Å²) in [6.45, 7) is 15.8. The molecule has 0 atom stereocenters. The molecule has 2 aliphatic carbocycles. The molecule has 274 valence electrons. The third kappa shape index (κ3) is 4.59. The van der Waals surface area contributed by atoms with Crippen LogP contribution in [0.15, 0.2) is 157 Å². The molecule has 0 aliphatic heterocycles. The van der Waals surface area contributed by atoms with Crippen LogP contribution in [0.4, 0.5) is 17.1 Å². The van der Waals surface area contributed by atoms with Crippen molar-refractivity contribution in [3.63, 3.8) is 0 Å². The summed E-state index contributed by atoms with van der Waals surface area (Å²) in [5.41, 5.74) is 17.7. The number of nitrogens with zero attached hydrogens (tertiary/aromatic N) is 1. The number of fused-ring (bicyclic) bond motifs is 13. The SMILES string of the molecule is C=Cc1c(/C=C\C)c2ccc(N(c3ccc4c(c3)-c3c(ccc5c3oc3ccccc35)C4(C)C)c3ccc4c(c3)C(C)(C)c3ccccc3-4)cc2c2ccccc12. The van der Waals surface area contributed by atoms with Gasteiger partial charge in [-0.3, -0.25) is 0 Å². The maximum atomic E-state index is 6.73. The second-order valence-electron chi connectivity index (χ2n) is 16.9. The van der Waals surface area contributed by atoms with Crippen LogP contribution in [0.1, 0.15) is 68.0 Å². The molecule has 0 N–H and O–H groups in total. The Balaban J connectivity index is 1.19. The van der Waals surface area contributed by atoms with Gasteiger partial charge >= 0.3 is 0 Å². The number of hydrogen-bond donors (Lipinski definition) is 0. The topological polar surface area (TPSA) is 16.4 Å². The molecule has 0 fully saturated rings. The van der Waals surface area contributed by atoms with Gasteiger partial charge < -0.3 is 9.32 Å². The molecule has 57 heavy (non-hydrogen) atoms. The zero-order chi connectivity index (χ0) is 38.8. The minimum absolute atomic E-state index is 0.135. The van der Waals surface area contributed by atoms with Crippen LogP contribution in [0.5, 0.6) is 0 Å². The number of benzene rings is 8. The van der Waals surface area contributed by atoms with Gasteiger partial charge in [0.2, 0.25) is 0 Å². The number of furan rings is 1. The van der Waals surface area contributed by atoms with Crippen LogP contribution in [-0.2, 0) is 10.8 Å². The van der Waals surface area contributed by atoms with E-state index in [0.29, 0.717) is 0 Å². The number of allylic oxidation sites excluding steroid dienone is 1. The largest absolute Gasteiger partial charge is 0.455 e. The molecule has 9 aromatic rings. The van der Waals surface area contributed by atoms with Gasteiger partial charge in [0, 0.05) is 44.2 Å². The zero-order valence-electron chi connectivity index (χ0n) is 33.1. The van der Waals surface area contributed by atoms with E-state index in [1.165, 1.54) is 71.6 Å². The molecule has 1 aromatic heterocycles. The van der Waals surface area contributed by atoms with Gasteiger partial charge in [-0.1, -0.05) is 150 Å². The van der Waals surface area contributed by atoms with Crippen molar-refractivity contribution >= 4 is 72.7 Å². The van der Waals surface area contributed by atoms with Gasteiger partial charge in [-0.15, -0.1) is 0 Å². The van der Waals surface area contributed by atoms with Gasteiger partial charge in [-0.2, -0.15) is 0 Å². The molecule has 0 spiro atoms. The Morgan fingerprint density at radius 1 is 0.491 bits per heavy atom. The first-order valence-electron chi connectivity index (χ1n) is 20.1. The summed E-state index contributed by atoms with van der Waals surface area (Å²) in [5.74, 6) is 0. The lowest BCUT2D eigenvalue weighted by atomic mass is 9.82. The van der Waals surface area contributed by atoms with Gasteiger partial charge in [0.05, 0.1) is 0 Å². The monoisotopic (exact) mass is 733 g/mol. The molecule has 11 rings (SSSR count). The average Bonchev–Trinajstić information content (AvgIpc) is 3.80. The van der Waals surface area contributed by atoms with Gasteiger partial charge in [-0.05, 0) is 121 Å². The number of anilines is 3. The predicted octanol–water partition coefficient (Wildman–Crippen LogP) is 15.7. The third-order valence-corrected chi connectivity index (χ3v) is 13.1. The number of hydrogen-bond acceptors (Lipinski definition) is 2. The molecule has 0 radical (unpaired) electrons. The highest BCUT2D eigenvalue weighted by atomic mass is 16.3. The summed E-state index contributed by atoms with van der Waals surface area (Å²) < 4.78 is 6.73. The fourth-order valence-electron chi connectivity index (χ4n) is 10.4. The van der Waals surface area contributed by atoms with Crippen LogP contribution in [0.25, 0.3) is 77.9 Å². The highest BCUT2D eigenvalue weighted by Gasteiger charge is 2.39. The molecule has 0 saturated carbocycles. The van der Waals surface area contributed by atoms with Crippen molar-refractivity contribution in [2.75, 3.05) is 4.90 Å². The molecule has 1 heterocycles. The minimum Gasteiger partial charge on any atom is -0.455 e. The van der Waals surface area contributed by atoms with Crippen molar-refractivity contribution in [1.29, 1.82) is 0 Å². The van der Waals surface area contributed by atoms with E-state index < -0.39 is 0 Å². The van der Waals surface area contributed by atoms with Gasteiger partial charge in [-0.25, -0.2) is 0 Å². The van der Waals surface area contributed by atoms with E-state index in [0.717, 1.165) is 44.6 Å². The van der Waals surface area contributed by atoms with Crippen LogP contribution in [0.2, 0.25) is 0 Å². The van der Waals surface area contributed by atoms with Crippen LogP contribution in [0.3, 0.4) is 0 Å². The van der Waals surface area contributed by atoms with E-state index in [-0.39, 0.29) is 10.8 Å². The van der Waals surface area contributed by atoms with Crippen LogP contribution in [0, 0.1) is 0 Å². The summed E-state index contributed by atoms with van der Waals surface area (Å²) >= 11 is 0. The molecule has 0 bridgehead atoms. The Hall–Kier alpha value is -6.64. The van der Waals surface area contributed by atoms with Crippen molar-refractivity contribution in [2.24, 2.45) is 0 Å². The Bertz CT molecular complexity index is 3220. The van der Waals surface area contributed by atoms with Crippen LogP contribution < -0.4 is 4.90 Å². The fourth-order valence-corrected chi connectivity index (χ4v) is 10.4. The Kier molecular flexibility index (Phi) is 7.05. The van der Waals surface area contributed by atoms with E-state index in [4.69, 9.17) is 4.42 Å². The van der Waals surface area contributed by atoms with Gasteiger partial charge in [0.15, 0.2) is 0 Å². The number of para-hydroxylation sites is 1. The van der Waals surface area contributed by atoms with Crippen molar-refractivity contribution < 1.29 is 4.42 Å². The van der Waals surface area contributed by atoms with Crippen molar-refractivity contribution in [2.45, 2.75) is 45.4 Å². The maximum absolute atomic E-state index is 6.73. The van der Waals surface area contributed by atoms with Crippen LogP contribution >= 0.6 is 0 Å². The van der Waals surface area contributed by atoms with Crippen molar-refractivity contribution in [3.05, 3.63) is 186 Å². The maximum Gasteiger partial charge on any atom is 0.143 e. The first kappa shape index (κ1) is 33.7. The fraction of sp³-hybridized carbons (Fsp3) is 0.127. The summed E-state index contributed by atoms with van der Waals surface area (Å²) in [5, 5.41) is 7.18. The average molecular weight is 734 g/mol. The summed E-state index contributed by atoms with van der Waals surface area (Å²) in [6, 6.07) is 51.8. The summed E-state index contributed by atoms with van der Waals surface area (Å²) in [7, 11) is 0. The standard InChI is InChI=1S/C55H43NO/c1-7-15-37-36(8-2)38-16-9-10-17-39(38)45-30-33(22-25-40(37)45)56(35-23-26-42-41-18-11-13-20-47(41)55(5,6)50(42)32-35)34-24-28-48-46(31-34)52-49(54(48,3)4)29-27-44-43-19-12-14-21-51(43)57-53(44)52/h7-32H,2H2,1,3-6H3/b15-7-. The Morgan fingerprint density at radius 3 is 1.91 bits per heavy atom. The second kappa shape index (κ2) is 11.9. The van der Waals surface area contributed by atoms with E-state index in [9.17, 15) is 0 Å². The third-order valence-electron chi connectivity index (χ3n) is 13.1. The zero-order valence-corrected chi connectivity index (χ0v) is 33.1. The molecule has 0 saturated heterocycles. The Morgan fingerprint density at radius 2 is 1.09 bits per heavy atom.